The lowest BCUT2D eigenvalue weighted by Gasteiger charge is -1.92. The minimum Gasteiger partial charge on any atom is -0.294 e. The lowest BCUT2D eigenvalue weighted by molar-refractivity contribution is -0.493. The summed E-state index contributed by atoms with van der Waals surface area (Å²) in [6.45, 7) is 0. The van der Waals surface area contributed by atoms with E-state index in [1.54, 1.807) is 0 Å². The molecule has 0 aromatic heterocycles. The highest BCUT2D eigenvalue weighted by Crippen LogP contribution is 2.18. The van der Waals surface area contributed by atoms with E-state index in [1.807, 2.05) is 0 Å². The number of nitro groups is 1. The Balaban J connectivity index is 2.48. The molecule has 5 nitrogen and oxygen atoms in total. The van der Waals surface area contributed by atoms with Gasteiger partial charge < -0.3 is 0 Å². The lowest BCUT2D eigenvalue weighted by atomic mass is 10.4. The fraction of sp³-hybridized carbons (Fsp3) is 0.667. The third-order valence-corrected chi connectivity index (χ3v) is 1.86. The molecular formula is C3H4N2O3S. The predicted molar refractivity (Wildman–Crippen MR) is 31.1 cm³/mol. The zero-order chi connectivity index (χ0) is 6.85. The molecule has 1 saturated heterocycles. The van der Waals surface area contributed by atoms with Gasteiger partial charge in [-0.25, -0.2) is 0 Å². The standard InChI is InChI=1S/C3H4N2O3S/c6-2-1-3(5(7)8)9-4-2/h3H,1H2,(H,4,6). The Labute approximate surface area is 55.1 Å². The second-order valence-electron chi connectivity index (χ2n) is 1.59. The van der Waals surface area contributed by atoms with Gasteiger partial charge in [0.05, 0.1) is 0 Å². The first kappa shape index (κ1) is 6.34. The molecule has 9 heavy (non-hydrogen) atoms. The average Bonchev–Trinajstić information content (AvgIpc) is 2.14. The summed E-state index contributed by atoms with van der Waals surface area (Å²) in [5.74, 6) is -0.262. The van der Waals surface area contributed by atoms with E-state index < -0.39 is 10.3 Å². The van der Waals surface area contributed by atoms with Gasteiger partial charge in [0, 0.05) is 16.9 Å². The van der Waals surface area contributed by atoms with Crippen LogP contribution in [0.1, 0.15) is 6.42 Å². The maximum atomic E-state index is 10.3. The summed E-state index contributed by atoms with van der Waals surface area (Å²) in [5, 5.41) is 9.16. The molecule has 0 radical (unpaired) electrons. The van der Waals surface area contributed by atoms with Crippen molar-refractivity contribution in [3.63, 3.8) is 0 Å². The normalized spacial score (nSPS) is 25.8. The molecule has 1 aliphatic rings. The molecule has 1 amide bonds. The molecule has 0 bridgehead atoms. The molecule has 1 fully saturated rings. The summed E-state index contributed by atoms with van der Waals surface area (Å²) in [5.41, 5.74) is 0. The highest BCUT2D eigenvalue weighted by molar-refractivity contribution is 7.98. The molecule has 0 spiro atoms. The second-order valence-corrected chi connectivity index (χ2v) is 2.57. The zero-order valence-electron chi connectivity index (χ0n) is 4.36. The van der Waals surface area contributed by atoms with Crippen LogP contribution in [0.25, 0.3) is 0 Å². The first-order chi connectivity index (χ1) is 4.20. The van der Waals surface area contributed by atoms with Gasteiger partial charge in [-0.3, -0.25) is 19.6 Å². The van der Waals surface area contributed by atoms with Crippen molar-refractivity contribution in [2.45, 2.75) is 11.8 Å². The van der Waals surface area contributed by atoms with Crippen LogP contribution in [0.4, 0.5) is 0 Å². The SMILES string of the molecule is O=C1CC([N+](=O)[O-])SN1. The summed E-state index contributed by atoms with van der Waals surface area (Å²) in [4.78, 5) is 19.8. The monoisotopic (exact) mass is 148 g/mol. The molecule has 1 aliphatic heterocycles. The number of carbonyl (C=O) groups is 1. The maximum absolute atomic E-state index is 10.3. The van der Waals surface area contributed by atoms with E-state index in [2.05, 4.69) is 4.72 Å². The van der Waals surface area contributed by atoms with Crippen LogP contribution in [0.15, 0.2) is 0 Å². The van der Waals surface area contributed by atoms with Gasteiger partial charge in [-0.2, -0.15) is 0 Å². The molecule has 1 N–H and O–H groups in total. The molecule has 0 saturated carbocycles. The fourth-order valence-corrected chi connectivity index (χ4v) is 1.16. The number of nitrogens with one attached hydrogen (secondary N) is 1. The van der Waals surface area contributed by atoms with Crippen LogP contribution in [0, 0.1) is 10.1 Å². The van der Waals surface area contributed by atoms with E-state index in [1.165, 1.54) is 0 Å². The molecule has 6 heteroatoms. The lowest BCUT2D eigenvalue weighted by Crippen LogP contribution is -2.11. The van der Waals surface area contributed by atoms with Crippen molar-refractivity contribution in [2.75, 3.05) is 0 Å². The van der Waals surface area contributed by atoms with Gasteiger partial charge in [-0.15, -0.1) is 0 Å². The van der Waals surface area contributed by atoms with E-state index in [-0.39, 0.29) is 12.3 Å². The Morgan fingerprint density at radius 2 is 2.56 bits per heavy atom. The number of hydrogen-bond acceptors (Lipinski definition) is 4. The van der Waals surface area contributed by atoms with Crippen LogP contribution in [0.5, 0.6) is 0 Å². The largest absolute Gasteiger partial charge is 0.294 e. The molecular weight excluding hydrogens is 144 g/mol. The first-order valence-electron chi connectivity index (χ1n) is 2.28. The molecule has 1 unspecified atom stereocenters. The van der Waals surface area contributed by atoms with Crippen molar-refractivity contribution in [3.05, 3.63) is 10.1 Å². The third-order valence-electron chi connectivity index (χ3n) is 0.904. The van der Waals surface area contributed by atoms with Crippen molar-refractivity contribution in [1.29, 1.82) is 0 Å². The van der Waals surface area contributed by atoms with Crippen molar-refractivity contribution < 1.29 is 9.72 Å². The minimum atomic E-state index is -0.780. The Bertz CT molecular complexity index is 159. The van der Waals surface area contributed by atoms with Gasteiger partial charge in [0.25, 0.3) is 5.37 Å². The third kappa shape index (κ3) is 1.32. The van der Waals surface area contributed by atoms with Crippen LogP contribution < -0.4 is 4.72 Å². The van der Waals surface area contributed by atoms with Crippen molar-refractivity contribution >= 4 is 17.9 Å². The van der Waals surface area contributed by atoms with Crippen LogP contribution in [0.2, 0.25) is 0 Å². The topological polar surface area (TPSA) is 72.2 Å². The number of hydrogen-bond donors (Lipinski definition) is 1. The molecule has 1 atom stereocenters. The summed E-state index contributed by atoms with van der Waals surface area (Å²) in [7, 11) is 0. The Kier molecular flexibility index (Phi) is 1.56. The zero-order valence-corrected chi connectivity index (χ0v) is 5.18. The highest BCUT2D eigenvalue weighted by Gasteiger charge is 2.31. The second kappa shape index (κ2) is 2.22. The van der Waals surface area contributed by atoms with Gasteiger partial charge in [0.1, 0.15) is 6.42 Å². The van der Waals surface area contributed by atoms with E-state index in [4.69, 9.17) is 0 Å². The molecule has 1 heterocycles. The van der Waals surface area contributed by atoms with Crippen molar-refractivity contribution in [3.8, 4) is 0 Å². The fourth-order valence-electron chi connectivity index (χ4n) is 0.493. The van der Waals surface area contributed by atoms with Crippen LogP contribution in [-0.4, -0.2) is 16.2 Å². The van der Waals surface area contributed by atoms with E-state index >= 15 is 0 Å². The Hall–Kier alpha value is -0.780. The highest BCUT2D eigenvalue weighted by atomic mass is 32.2. The van der Waals surface area contributed by atoms with Gasteiger partial charge in [-0.05, 0) is 0 Å². The Morgan fingerprint density at radius 3 is 2.78 bits per heavy atom. The number of amides is 1. The van der Waals surface area contributed by atoms with E-state index in [9.17, 15) is 14.9 Å². The quantitative estimate of drug-likeness (QED) is 0.316. The van der Waals surface area contributed by atoms with Crippen LogP contribution >= 0.6 is 11.9 Å². The summed E-state index contributed by atoms with van der Waals surface area (Å²) >= 11 is 0.860. The van der Waals surface area contributed by atoms with E-state index in [0.29, 0.717) is 0 Å². The van der Waals surface area contributed by atoms with Gasteiger partial charge in [0.2, 0.25) is 5.91 Å². The van der Waals surface area contributed by atoms with Crippen LogP contribution in [-0.2, 0) is 4.79 Å². The molecule has 1 rings (SSSR count). The number of carbonyl (C=O) groups excluding carboxylic acids is 1. The molecule has 0 aromatic rings. The smallest absolute Gasteiger partial charge is 0.285 e. The molecule has 50 valence electrons. The number of rotatable bonds is 1. The van der Waals surface area contributed by atoms with Gasteiger partial charge in [0.15, 0.2) is 0 Å². The summed E-state index contributed by atoms with van der Waals surface area (Å²) in [6, 6.07) is 0. The molecule has 0 aromatic carbocycles. The number of nitrogens with zero attached hydrogens (tertiary/aromatic N) is 1. The van der Waals surface area contributed by atoms with Crippen molar-refractivity contribution in [1.82, 2.24) is 4.72 Å². The average molecular weight is 148 g/mol. The Morgan fingerprint density at radius 1 is 1.89 bits per heavy atom. The minimum absolute atomic E-state index is 0.00231. The van der Waals surface area contributed by atoms with Crippen molar-refractivity contribution in [2.24, 2.45) is 0 Å². The first-order valence-corrected chi connectivity index (χ1v) is 3.16. The summed E-state index contributed by atoms with van der Waals surface area (Å²) in [6.07, 6.45) is -0.00231. The van der Waals surface area contributed by atoms with Crippen LogP contribution in [0.3, 0.4) is 0 Å². The van der Waals surface area contributed by atoms with E-state index in [0.717, 1.165) is 11.9 Å². The predicted octanol–water partition coefficient (Wildman–Crippen LogP) is -0.243. The van der Waals surface area contributed by atoms with Gasteiger partial charge >= 0.3 is 0 Å². The van der Waals surface area contributed by atoms with Gasteiger partial charge in [-0.1, -0.05) is 0 Å². The summed E-state index contributed by atoms with van der Waals surface area (Å²) < 4.78 is 2.29. The molecule has 0 aliphatic carbocycles. The maximum Gasteiger partial charge on any atom is 0.285 e.